The highest BCUT2D eigenvalue weighted by molar-refractivity contribution is 14.1. The van der Waals surface area contributed by atoms with Crippen LogP contribution in [0.15, 0.2) is 60.9 Å². The number of cyclic esters (lactones) is 1. The maximum absolute atomic E-state index is 13.6. The molecule has 2 aromatic carbocycles. The van der Waals surface area contributed by atoms with Gasteiger partial charge in [0.15, 0.2) is 0 Å². The Kier molecular flexibility index (Phi) is 7.26. The summed E-state index contributed by atoms with van der Waals surface area (Å²) in [5.74, 6) is -1.04. The van der Waals surface area contributed by atoms with Gasteiger partial charge in [0.25, 0.3) is 5.91 Å². The normalized spacial score (nSPS) is 19.7. The van der Waals surface area contributed by atoms with Crippen LogP contribution < -0.4 is 5.73 Å². The molecule has 0 saturated carbocycles. The first kappa shape index (κ1) is 26.9. The number of alkyl halides is 1. The van der Waals surface area contributed by atoms with Crippen molar-refractivity contribution < 1.29 is 23.8 Å². The SMILES string of the molecule is CC(C)(O)CC1(c2ccc(F)cc2)CCN(C(C)(I)c2ccc(-c3cncc(C(N)=O)n3)cc2)C(=O)O1. The second-order valence-corrected chi connectivity index (χ2v) is 12.0. The molecule has 2 amide bonds. The van der Waals surface area contributed by atoms with Crippen molar-refractivity contribution in [2.45, 2.75) is 48.4 Å². The van der Waals surface area contributed by atoms with Crippen LogP contribution in [-0.2, 0) is 13.9 Å². The number of carbonyl (C=O) groups is 2. The van der Waals surface area contributed by atoms with Gasteiger partial charge in [0.05, 0.1) is 23.7 Å². The molecule has 1 saturated heterocycles. The summed E-state index contributed by atoms with van der Waals surface area (Å²) in [7, 11) is 0. The zero-order valence-corrected chi connectivity index (χ0v) is 22.9. The summed E-state index contributed by atoms with van der Waals surface area (Å²) in [4.78, 5) is 34.8. The maximum atomic E-state index is 13.6. The molecule has 2 heterocycles. The maximum Gasteiger partial charge on any atom is 0.412 e. The Morgan fingerprint density at radius 3 is 2.38 bits per heavy atom. The van der Waals surface area contributed by atoms with Crippen LogP contribution in [0.3, 0.4) is 0 Å². The van der Waals surface area contributed by atoms with Gasteiger partial charge in [-0.25, -0.2) is 14.2 Å². The van der Waals surface area contributed by atoms with Crippen LogP contribution in [-0.4, -0.2) is 44.1 Å². The van der Waals surface area contributed by atoms with Gasteiger partial charge in [-0.2, -0.15) is 0 Å². The first-order valence-corrected chi connectivity index (χ1v) is 12.8. The van der Waals surface area contributed by atoms with Crippen LogP contribution in [0.4, 0.5) is 9.18 Å². The van der Waals surface area contributed by atoms with Gasteiger partial charge in [-0.3, -0.25) is 14.7 Å². The Morgan fingerprint density at radius 1 is 1.16 bits per heavy atom. The van der Waals surface area contributed by atoms with Crippen molar-refractivity contribution >= 4 is 34.6 Å². The van der Waals surface area contributed by atoms with Gasteiger partial charge >= 0.3 is 6.09 Å². The summed E-state index contributed by atoms with van der Waals surface area (Å²) in [5, 5.41) is 10.6. The predicted octanol–water partition coefficient (Wildman–Crippen LogP) is 4.89. The number of hydrogen-bond donors (Lipinski definition) is 2. The molecule has 0 aliphatic carbocycles. The Balaban J connectivity index is 1.59. The molecule has 1 aromatic heterocycles. The van der Waals surface area contributed by atoms with E-state index < -0.39 is 26.7 Å². The number of halogens is 2. The van der Waals surface area contributed by atoms with E-state index in [9.17, 15) is 19.1 Å². The smallest absolute Gasteiger partial charge is 0.412 e. The fraction of sp³-hybridized carbons (Fsp3) is 0.333. The highest BCUT2D eigenvalue weighted by Crippen LogP contribution is 2.45. The number of aliphatic hydroxyl groups is 1. The molecule has 1 fully saturated rings. The summed E-state index contributed by atoms with van der Waals surface area (Å²) in [6.45, 7) is 5.59. The minimum atomic E-state index is -1.12. The second kappa shape index (κ2) is 9.97. The average molecular weight is 618 g/mol. The van der Waals surface area contributed by atoms with Crippen molar-refractivity contribution in [1.29, 1.82) is 0 Å². The lowest BCUT2D eigenvalue weighted by molar-refractivity contribution is -0.102. The molecule has 2 unspecified atom stereocenters. The van der Waals surface area contributed by atoms with Crippen molar-refractivity contribution in [3.8, 4) is 11.3 Å². The Hall–Kier alpha value is -3.12. The van der Waals surface area contributed by atoms with Gasteiger partial charge in [-0.1, -0.05) is 36.4 Å². The minimum absolute atomic E-state index is 0.0760. The van der Waals surface area contributed by atoms with Crippen LogP contribution >= 0.6 is 22.6 Å². The lowest BCUT2D eigenvalue weighted by Crippen LogP contribution is -2.54. The first-order valence-electron chi connectivity index (χ1n) is 11.7. The van der Waals surface area contributed by atoms with Crippen molar-refractivity contribution in [3.63, 3.8) is 0 Å². The van der Waals surface area contributed by atoms with E-state index in [-0.39, 0.29) is 17.9 Å². The monoisotopic (exact) mass is 618 g/mol. The number of aromatic nitrogens is 2. The highest BCUT2D eigenvalue weighted by atomic mass is 127. The minimum Gasteiger partial charge on any atom is -0.438 e. The predicted molar refractivity (Wildman–Crippen MR) is 144 cm³/mol. The molecule has 8 nitrogen and oxygen atoms in total. The third-order valence-corrected chi connectivity index (χ3v) is 7.64. The fourth-order valence-corrected chi connectivity index (χ4v) is 5.44. The topological polar surface area (TPSA) is 119 Å². The summed E-state index contributed by atoms with van der Waals surface area (Å²) >= 11 is 2.21. The third-order valence-electron chi connectivity index (χ3n) is 6.43. The zero-order valence-electron chi connectivity index (χ0n) is 20.7. The Labute approximate surface area is 228 Å². The van der Waals surface area contributed by atoms with E-state index in [4.69, 9.17) is 10.5 Å². The molecular formula is C27H28FIN4O4. The lowest BCUT2D eigenvalue weighted by atomic mass is 9.80. The van der Waals surface area contributed by atoms with Gasteiger partial charge in [0.1, 0.15) is 20.7 Å². The molecule has 2 atom stereocenters. The van der Waals surface area contributed by atoms with Crippen LogP contribution in [0.2, 0.25) is 0 Å². The number of benzene rings is 2. The van der Waals surface area contributed by atoms with E-state index in [1.54, 1.807) is 37.1 Å². The lowest BCUT2D eigenvalue weighted by Gasteiger charge is -2.47. The summed E-state index contributed by atoms with van der Waals surface area (Å²) in [6, 6.07) is 13.3. The number of nitrogens with zero attached hydrogens (tertiary/aromatic N) is 3. The zero-order chi connectivity index (χ0) is 27.0. The summed E-state index contributed by atoms with van der Waals surface area (Å²) in [6.07, 6.45) is 2.92. The van der Waals surface area contributed by atoms with E-state index >= 15 is 0 Å². The van der Waals surface area contributed by atoms with Crippen molar-refractivity contribution in [2.75, 3.05) is 6.54 Å². The number of ether oxygens (including phenoxy) is 1. The van der Waals surface area contributed by atoms with Gasteiger partial charge in [-0.15, -0.1) is 0 Å². The van der Waals surface area contributed by atoms with Gasteiger partial charge < -0.3 is 15.6 Å². The second-order valence-electron chi connectivity index (χ2n) is 9.94. The molecule has 3 N–H and O–H groups in total. The molecule has 1 aliphatic heterocycles. The molecular weight excluding hydrogens is 590 g/mol. The van der Waals surface area contributed by atoms with Crippen LogP contribution in [0.25, 0.3) is 11.3 Å². The van der Waals surface area contributed by atoms with Gasteiger partial charge in [0, 0.05) is 24.9 Å². The molecule has 37 heavy (non-hydrogen) atoms. The average Bonchev–Trinajstić information content (AvgIpc) is 2.83. The number of amides is 2. The van der Waals surface area contributed by atoms with Crippen LogP contribution in [0.5, 0.6) is 0 Å². The van der Waals surface area contributed by atoms with E-state index in [2.05, 4.69) is 32.6 Å². The number of hydrogen-bond acceptors (Lipinski definition) is 6. The van der Waals surface area contributed by atoms with Crippen LogP contribution in [0.1, 0.15) is 55.2 Å². The quantitative estimate of drug-likeness (QED) is 0.221. The molecule has 10 heteroatoms. The summed E-state index contributed by atoms with van der Waals surface area (Å²) in [5.41, 5.74) is 5.93. The van der Waals surface area contributed by atoms with E-state index in [1.807, 2.05) is 31.2 Å². The molecule has 3 aromatic rings. The standard InChI is InChI=1S/C27H28FIN4O4/c1-25(2,36)16-27(19-8-10-20(28)11-9-19)12-13-33(24(35)37-27)26(3,29)18-6-4-17(5-7-18)21-14-31-15-22(32-21)23(30)34/h4-11,14-15,36H,12-13,16H2,1-3H3,(H2,30,34). The Morgan fingerprint density at radius 2 is 1.81 bits per heavy atom. The van der Waals surface area contributed by atoms with Crippen molar-refractivity contribution in [1.82, 2.24) is 14.9 Å². The molecule has 4 rings (SSSR count). The van der Waals surface area contributed by atoms with E-state index in [0.717, 1.165) is 11.1 Å². The molecule has 0 radical (unpaired) electrons. The number of nitrogens with two attached hydrogens (primary N) is 1. The Bertz CT molecular complexity index is 1310. The summed E-state index contributed by atoms with van der Waals surface area (Å²) < 4.78 is 18.9. The van der Waals surface area contributed by atoms with E-state index in [1.165, 1.54) is 18.3 Å². The highest BCUT2D eigenvalue weighted by Gasteiger charge is 2.49. The molecule has 0 bridgehead atoms. The van der Waals surface area contributed by atoms with Crippen molar-refractivity contribution in [3.05, 3.63) is 83.6 Å². The molecule has 1 aliphatic rings. The van der Waals surface area contributed by atoms with Crippen molar-refractivity contribution in [2.24, 2.45) is 5.73 Å². The van der Waals surface area contributed by atoms with Gasteiger partial charge in [-0.05, 0) is 66.6 Å². The van der Waals surface area contributed by atoms with Gasteiger partial charge in [0.2, 0.25) is 0 Å². The fourth-order valence-electron chi connectivity index (χ4n) is 4.65. The third kappa shape index (κ3) is 5.74. The van der Waals surface area contributed by atoms with Crippen LogP contribution in [0, 0.1) is 5.82 Å². The van der Waals surface area contributed by atoms with E-state index in [0.29, 0.717) is 24.2 Å². The number of rotatable bonds is 7. The number of primary amides is 1. The molecule has 0 spiro atoms. The molecule has 194 valence electrons. The largest absolute Gasteiger partial charge is 0.438 e. The first-order chi connectivity index (χ1) is 17.3. The number of carbonyl (C=O) groups excluding carboxylic acids is 2.